The van der Waals surface area contributed by atoms with E-state index in [4.69, 9.17) is 4.74 Å². The molecule has 0 unspecified atom stereocenters. The number of ether oxygens (including phenoxy) is 1. The van der Waals surface area contributed by atoms with Gasteiger partial charge in [-0.15, -0.1) is 0 Å². The zero-order valence-corrected chi connectivity index (χ0v) is 13.1. The van der Waals surface area contributed by atoms with E-state index in [0.29, 0.717) is 24.8 Å². The maximum absolute atomic E-state index is 11.8. The van der Waals surface area contributed by atoms with Gasteiger partial charge in [0.05, 0.1) is 12.2 Å². The van der Waals surface area contributed by atoms with Crippen LogP contribution in [0.15, 0.2) is 24.3 Å². The number of hydrogen-bond donors (Lipinski definition) is 2. The molecule has 22 heavy (non-hydrogen) atoms. The molecule has 0 saturated heterocycles. The number of amides is 2. The van der Waals surface area contributed by atoms with E-state index in [9.17, 15) is 9.59 Å². The Morgan fingerprint density at radius 2 is 1.82 bits per heavy atom. The topological polar surface area (TPSA) is 67.4 Å². The van der Waals surface area contributed by atoms with Crippen molar-refractivity contribution in [2.45, 2.75) is 51.6 Å². The average molecular weight is 304 g/mol. The molecule has 1 aliphatic carbocycles. The summed E-state index contributed by atoms with van der Waals surface area (Å²) in [7, 11) is 0. The minimum absolute atomic E-state index is 0.124. The van der Waals surface area contributed by atoms with Crippen LogP contribution >= 0.6 is 0 Å². The van der Waals surface area contributed by atoms with Crippen LogP contribution in [0.2, 0.25) is 0 Å². The lowest BCUT2D eigenvalue weighted by molar-refractivity contribution is 0.0526. The molecule has 0 atom stereocenters. The van der Waals surface area contributed by atoms with Crippen LogP contribution in [0.1, 0.15) is 54.9 Å². The molecule has 2 rings (SSSR count). The number of rotatable bonds is 5. The van der Waals surface area contributed by atoms with Crippen LogP contribution in [0.5, 0.6) is 0 Å². The van der Waals surface area contributed by atoms with Crippen LogP contribution in [-0.2, 0) is 11.3 Å². The van der Waals surface area contributed by atoms with E-state index < -0.39 is 0 Å². The Morgan fingerprint density at radius 3 is 2.45 bits per heavy atom. The minimum Gasteiger partial charge on any atom is -0.462 e. The number of urea groups is 1. The summed E-state index contributed by atoms with van der Waals surface area (Å²) in [5.74, 6) is -0.322. The third-order valence-corrected chi connectivity index (χ3v) is 3.86. The third kappa shape index (κ3) is 5.06. The van der Waals surface area contributed by atoms with Crippen molar-refractivity contribution in [3.63, 3.8) is 0 Å². The Bertz CT molecular complexity index is 493. The second-order valence-corrected chi connectivity index (χ2v) is 5.58. The molecule has 0 aromatic heterocycles. The molecule has 1 aromatic carbocycles. The molecule has 2 amide bonds. The van der Waals surface area contributed by atoms with E-state index in [1.807, 2.05) is 12.1 Å². The predicted molar refractivity (Wildman–Crippen MR) is 84.6 cm³/mol. The van der Waals surface area contributed by atoms with Gasteiger partial charge in [0.15, 0.2) is 0 Å². The summed E-state index contributed by atoms with van der Waals surface area (Å²) in [5, 5.41) is 5.87. The van der Waals surface area contributed by atoms with Gasteiger partial charge in [-0.25, -0.2) is 9.59 Å². The Hall–Kier alpha value is -2.04. The van der Waals surface area contributed by atoms with E-state index in [1.54, 1.807) is 19.1 Å². The van der Waals surface area contributed by atoms with E-state index in [1.165, 1.54) is 19.3 Å². The van der Waals surface area contributed by atoms with Crippen LogP contribution in [0, 0.1) is 0 Å². The van der Waals surface area contributed by atoms with Crippen molar-refractivity contribution in [3.8, 4) is 0 Å². The molecule has 0 aliphatic heterocycles. The molecule has 1 aliphatic rings. The first-order chi connectivity index (χ1) is 10.7. The van der Waals surface area contributed by atoms with E-state index in [-0.39, 0.29) is 12.0 Å². The largest absolute Gasteiger partial charge is 0.462 e. The van der Waals surface area contributed by atoms with Crippen LogP contribution in [-0.4, -0.2) is 24.6 Å². The fourth-order valence-electron chi connectivity index (χ4n) is 2.64. The third-order valence-electron chi connectivity index (χ3n) is 3.86. The number of nitrogens with one attached hydrogen (secondary N) is 2. The molecule has 0 spiro atoms. The van der Waals surface area contributed by atoms with Crippen molar-refractivity contribution in [3.05, 3.63) is 35.4 Å². The van der Waals surface area contributed by atoms with E-state index in [2.05, 4.69) is 10.6 Å². The number of hydrogen-bond acceptors (Lipinski definition) is 3. The Kier molecular flexibility index (Phi) is 6.25. The van der Waals surface area contributed by atoms with Gasteiger partial charge in [-0.2, -0.15) is 0 Å². The summed E-state index contributed by atoms with van der Waals surface area (Å²) in [6, 6.07) is 7.27. The van der Waals surface area contributed by atoms with Crippen molar-refractivity contribution in [2.24, 2.45) is 0 Å². The summed E-state index contributed by atoms with van der Waals surface area (Å²) in [5.41, 5.74) is 1.48. The van der Waals surface area contributed by atoms with Gasteiger partial charge in [-0.05, 0) is 37.5 Å². The van der Waals surface area contributed by atoms with Crippen molar-refractivity contribution >= 4 is 12.0 Å². The first-order valence-corrected chi connectivity index (χ1v) is 7.99. The highest BCUT2D eigenvalue weighted by Gasteiger charge is 2.15. The summed E-state index contributed by atoms with van der Waals surface area (Å²) < 4.78 is 4.93. The van der Waals surface area contributed by atoms with Gasteiger partial charge < -0.3 is 15.4 Å². The van der Waals surface area contributed by atoms with Gasteiger partial charge in [-0.1, -0.05) is 31.4 Å². The first kappa shape index (κ1) is 16.3. The fraction of sp³-hybridized carbons (Fsp3) is 0.529. The van der Waals surface area contributed by atoms with Crippen LogP contribution in [0.25, 0.3) is 0 Å². The van der Waals surface area contributed by atoms with Crippen molar-refractivity contribution in [1.29, 1.82) is 0 Å². The van der Waals surface area contributed by atoms with Crippen LogP contribution in [0.4, 0.5) is 4.79 Å². The Labute approximate surface area is 131 Å². The number of benzene rings is 1. The summed E-state index contributed by atoms with van der Waals surface area (Å²) in [6.45, 7) is 2.59. The molecule has 1 saturated carbocycles. The molecule has 0 heterocycles. The zero-order chi connectivity index (χ0) is 15.8. The molecular formula is C17H24N2O3. The SMILES string of the molecule is CCOC(=O)c1ccc(CNC(=O)NC2CCCCC2)cc1. The van der Waals surface area contributed by atoms with Crippen LogP contribution in [0.3, 0.4) is 0 Å². The van der Waals surface area contributed by atoms with Gasteiger partial charge in [0, 0.05) is 12.6 Å². The lowest BCUT2D eigenvalue weighted by Gasteiger charge is -2.22. The number of carbonyl (C=O) groups is 2. The fourth-order valence-corrected chi connectivity index (χ4v) is 2.64. The molecule has 5 heteroatoms. The smallest absolute Gasteiger partial charge is 0.338 e. The predicted octanol–water partition coefficient (Wildman–Crippen LogP) is 3.00. The van der Waals surface area contributed by atoms with Crippen molar-refractivity contribution in [2.75, 3.05) is 6.61 Å². The maximum atomic E-state index is 11.8. The molecule has 1 aromatic rings. The summed E-state index contributed by atoms with van der Waals surface area (Å²) in [6.07, 6.45) is 5.80. The summed E-state index contributed by atoms with van der Waals surface area (Å²) in [4.78, 5) is 23.4. The molecule has 5 nitrogen and oxygen atoms in total. The quantitative estimate of drug-likeness (QED) is 0.822. The zero-order valence-electron chi connectivity index (χ0n) is 13.1. The molecule has 0 bridgehead atoms. The van der Waals surface area contributed by atoms with E-state index >= 15 is 0 Å². The van der Waals surface area contributed by atoms with Gasteiger partial charge >= 0.3 is 12.0 Å². The van der Waals surface area contributed by atoms with E-state index in [0.717, 1.165) is 18.4 Å². The molecule has 120 valence electrons. The molecule has 1 fully saturated rings. The number of esters is 1. The van der Waals surface area contributed by atoms with Crippen LogP contribution < -0.4 is 10.6 Å². The first-order valence-electron chi connectivity index (χ1n) is 7.99. The van der Waals surface area contributed by atoms with Crippen molar-refractivity contribution in [1.82, 2.24) is 10.6 Å². The minimum atomic E-state index is -0.322. The monoisotopic (exact) mass is 304 g/mol. The lowest BCUT2D eigenvalue weighted by atomic mass is 9.96. The highest BCUT2D eigenvalue weighted by Crippen LogP contribution is 2.17. The van der Waals surface area contributed by atoms with Crippen molar-refractivity contribution < 1.29 is 14.3 Å². The van der Waals surface area contributed by atoms with Gasteiger partial charge in [0.2, 0.25) is 0 Å². The second kappa shape index (κ2) is 8.41. The van der Waals surface area contributed by atoms with Gasteiger partial charge in [-0.3, -0.25) is 0 Å². The summed E-state index contributed by atoms with van der Waals surface area (Å²) >= 11 is 0. The standard InChI is InChI=1S/C17H24N2O3/c1-2-22-16(20)14-10-8-13(9-11-14)12-18-17(21)19-15-6-4-3-5-7-15/h8-11,15H,2-7,12H2,1H3,(H2,18,19,21). The Balaban J connectivity index is 1.76. The highest BCUT2D eigenvalue weighted by molar-refractivity contribution is 5.89. The molecule has 0 radical (unpaired) electrons. The highest BCUT2D eigenvalue weighted by atomic mass is 16.5. The lowest BCUT2D eigenvalue weighted by Crippen LogP contribution is -2.42. The maximum Gasteiger partial charge on any atom is 0.338 e. The van der Waals surface area contributed by atoms with Gasteiger partial charge in [0.25, 0.3) is 0 Å². The normalized spacial score (nSPS) is 15.1. The molecule has 2 N–H and O–H groups in total. The van der Waals surface area contributed by atoms with Gasteiger partial charge in [0.1, 0.15) is 0 Å². The molecular weight excluding hydrogens is 280 g/mol. The average Bonchev–Trinajstić information content (AvgIpc) is 2.54. The second-order valence-electron chi connectivity index (χ2n) is 5.58. The Morgan fingerprint density at radius 1 is 1.14 bits per heavy atom. The number of carbonyl (C=O) groups excluding carboxylic acids is 2.